The van der Waals surface area contributed by atoms with Crippen molar-refractivity contribution in [1.82, 2.24) is 30.5 Å². The number of aromatic nitrogens is 3. The zero-order valence-corrected chi connectivity index (χ0v) is 44.3. The number of carbonyl (C=O) groups excluding carboxylic acids is 5. The molecule has 7 heterocycles. The van der Waals surface area contributed by atoms with Gasteiger partial charge in [0.05, 0.1) is 43.2 Å². The summed E-state index contributed by atoms with van der Waals surface area (Å²) < 4.78 is 37.8. The van der Waals surface area contributed by atoms with Crippen LogP contribution < -0.4 is 26.1 Å². The van der Waals surface area contributed by atoms with Gasteiger partial charge in [-0.05, 0) is 118 Å². The highest BCUT2D eigenvalue weighted by atomic mass is 32.2. The maximum atomic E-state index is 15.0. The number of fused-ring (bicyclic) bond motifs is 7. The summed E-state index contributed by atoms with van der Waals surface area (Å²) in [6, 6.07) is 6.60. The van der Waals surface area contributed by atoms with E-state index in [0.29, 0.717) is 59.1 Å². The topological polar surface area (TPSA) is 237 Å². The number of hydrogen-bond acceptors (Lipinski definition) is 13. The Labute approximate surface area is 432 Å². The fourth-order valence-corrected chi connectivity index (χ4v) is 12.4. The number of esters is 1. The number of H-pyrrole nitrogens is 3. The van der Waals surface area contributed by atoms with Gasteiger partial charge in [-0.15, -0.1) is 0 Å². The van der Waals surface area contributed by atoms with Crippen LogP contribution in [0, 0.1) is 38.5 Å². The number of aliphatic imine (C=N–C) groups is 2. The Morgan fingerprint density at radius 3 is 2.39 bits per heavy atom. The van der Waals surface area contributed by atoms with Crippen molar-refractivity contribution >= 4 is 75.2 Å². The number of ether oxygens (including phenoxy) is 2. The summed E-state index contributed by atoms with van der Waals surface area (Å²) in [5.41, 5.74) is 9.69. The molecule has 8 bridgehead atoms. The molecular weight excluding hydrogens is 961 g/mol. The van der Waals surface area contributed by atoms with Gasteiger partial charge in [-0.1, -0.05) is 33.4 Å². The van der Waals surface area contributed by atoms with E-state index in [2.05, 4.69) is 64.0 Å². The van der Waals surface area contributed by atoms with Crippen molar-refractivity contribution in [1.29, 1.82) is 0 Å². The lowest BCUT2D eigenvalue weighted by Crippen LogP contribution is -2.49. The molecule has 0 radical (unpaired) electrons. The first-order chi connectivity index (χ1) is 35.5. The van der Waals surface area contributed by atoms with E-state index < -0.39 is 63.3 Å². The van der Waals surface area contributed by atoms with Gasteiger partial charge in [-0.25, -0.2) is 8.42 Å². The van der Waals surface area contributed by atoms with Crippen molar-refractivity contribution in [2.45, 2.75) is 92.4 Å². The Balaban J connectivity index is 0.963. The third kappa shape index (κ3) is 11.1. The molecule has 0 saturated carbocycles. The van der Waals surface area contributed by atoms with E-state index in [1.165, 1.54) is 0 Å². The van der Waals surface area contributed by atoms with Crippen LogP contribution in [0.5, 0.6) is 5.75 Å². The quantitative estimate of drug-likeness (QED) is 0.0319. The number of imide groups is 1. The second-order valence-electron chi connectivity index (χ2n) is 19.7. The molecule has 4 aliphatic rings. The number of nitrogens with one attached hydrogen (secondary N) is 5. The Bertz CT molecular complexity index is 3230. The second kappa shape index (κ2) is 22.6. The highest BCUT2D eigenvalue weighted by Crippen LogP contribution is 2.43. The predicted octanol–water partition coefficient (Wildman–Crippen LogP) is 5.53. The third-order valence-corrected chi connectivity index (χ3v) is 16.8. The van der Waals surface area contributed by atoms with Gasteiger partial charge in [0.1, 0.15) is 18.3 Å². The summed E-state index contributed by atoms with van der Waals surface area (Å²) in [7, 11) is -2.78. The molecule has 2 amide bonds. The first-order valence-electron chi connectivity index (χ1n) is 25.7. The lowest BCUT2D eigenvalue weighted by atomic mass is 9.79. The number of methoxy groups -OCH3 is 1. The van der Waals surface area contributed by atoms with Gasteiger partial charge in [0.25, 0.3) is 5.91 Å². The summed E-state index contributed by atoms with van der Waals surface area (Å²) in [4.78, 5) is 90.8. The van der Waals surface area contributed by atoms with E-state index >= 15 is 0 Å². The van der Waals surface area contributed by atoms with E-state index in [9.17, 15) is 32.4 Å². The number of ketones is 2. The molecule has 0 spiro atoms. The number of amides is 2. The summed E-state index contributed by atoms with van der Waals surface area (Å²) in [6.07, 6.45) is 9.78. The molecule has 1 unspecified atom stereocenters. The molecule has 74 heavy (non-hydrogen) atoms. The van der Waals surface area contributed by atoms with Gasteiger partial charge in [-0.3, -0.25) is 38.9 Å². The third-order valence-electron chi connectivity index (χ3n) is 15.0. The molecule has 17 nitrogen and oxygen atoms in total. The number of rotatable bonds is 20. The largest absolute Gasteiger partial charge is 0.492 e. The number of hydrogen-bond donors (Lipinski definition) is 5. The van der Waals surface area contributed by atoms with E-state index in [1.54, 1.807) is 24.3 Å². The van der Waals surface area contributed by atoms with Gasteiger partial charge in [-0.2, -0.15) is 0 Å². The van der Waals surface area contributed by atoms with Crippen molar-refractivity contribution in [3.63, 3.8) is 0 Å². The van der Waals surface area contributed by atoms with Crippen molar-refractivity contribution in [2.24, 2.45) is 27.7 Å². The van der Waals surface area contributed by atoms with Gasteiger partial charge in [0, 0.05) is 93.8 Å². The highest BCUT2D eigenvalue weighted by molar-refractivity contribution is 7.91. The second-order valence-corrected chi connectivity index (χ2v) is 21.9. The minimum absolute atomic E-state index is 0.0705. The Morgan fingerprint density at radius 1 is 0.959 bits per heavy atom. The SMILES string of the molecule is C=Cc1c2[nH]c(c1C)C=C1N=C(C3C(=O)N(CC(=O)CCCS(=O)(=O)C[C@@H](CCC(=O)c4ccc(OCCNC5=NCCCN5)cc4)C(=O)OC)C(=O)c4c3[nH]c(c4C)C=c3[nH]c(c(C)c3CC)=C2)[C@@H](CC)[C@@H]1C. The molecule has 0 aliphatic carbocycles. The predicted molar refractivity (Wildman–Crippen MR) is 286 cm³/mol. The number of benzene rings is 1. The molecule has 0 saturated heterocycles. The number of aromatic amines is 3. The molecule has 0 fully saturated rings. The summed E-state index contributed by atoms with van der Waals surface area (Å²) in [5.74, 6) is -4.82. The Kier molecular flexibility index (Phi) is 16.2. The van der Waals surface area contributed by atoms with E-state index in [1.807, 2.05) is 39.0 Å². The average molecular weight is 1030 g/mol. The van der Waals surface area contributed by atoms with Crippen molar-refractivity contribution in [3.8, 4) is 5.75 Å². The zero-order chi connectivity index (χ0) is 53.0. The standard InChI is InChI=1S/C56H68N8O9S/c1-9-39-31(4)42-26-44-33(6)41(11-3)51(62-44)50-52-49(34(7)45(63-52)28-47-40(10-2)32(5)43(61-47)27-46(39)60-42)53(67)64(54(50)68)29-37(65)14-12-25-74(70,71)30-36(55(69)72-8)17-20-48(66)35-15-18-38(19-16-35)73-24-23-59-56-57-21-13-22-58-56/h9,15-16,18-19,26-28,33,36,41,50,60-61,63H,1,10-14,17,20-25,29-30H2,2-8H3,(H2,57,58,59)/t33-,36+,41-,50?/m0/s1. The monoisotopic (exact) mass is 1030 g/mol. The minimum Gasteiger partial charge on any atom is -0.492 e. The normalized spacial score (nSPS) is 18.6. The molecule has 18 heteroatoms. The van der Waals surface area contributed by atoms with Crippen LogP contribution in [0.1, 0.15) is 137 Å². The minimum atomic E-state index is -3.94. The van der Waals surface area contributed by atoms with Crippen LogP contribution >= 0.6 is 0 Å². The fourth-order valence-electron chi connectivity index (χ4n) is 10.8. The molecular formula is C56H68N8O9S. The lowest BCUT2D eigenvalue weighted by molar-refractivity contribution is -0.144. The van der Waals surface area contributed by atoms with Crippen LogP contribution in [0.3, 0.4) is 0 Å². The number of guanidine groups is 1. The maximum Gasteiger partial charge on any atom is 0.309 e. The number of Topliss-reactive ketones (excluding diaryl/α,β-unsaturated/α-hetero) is 2. The highest BCUT2D eigenvalue weighted by Gasteiger charge is 2.48. The number of allylic oxidation sites excluding steroid dienone is 1. The first-order valence-corrected chi connectivity index (χ1v) is 27.5. The smallest absolute Gasteiger partial charge is 0.309 e. The van der Waals surface area contributed by atoms with Gasteiger partial charge in [0.15, 0.2) is 27.4 Å². The summed E-state index contributed by atoms with van der Waals surface area (Å²) >= 11 is 0. The van der Waals surface area contributed by atoms with Gasteiger partial charge < -0.3 is 35.1 Å². The lowest BCUT2D eigenvalue weighted by Gasteiger charge is -2.32. The molecule has 8 rings (SSSR count). The van der Waals surface area contributed by atoms with E-state index in [4.69, 9.17) is 14.5 Å². The summed E-state index contributed by atoms with van der Waals surface area (Å²) in [6.45, 7) is 18.3. The summed E-state index contributed by atoms with van der Waals surface area (Å²) in [5, 5.41) is 8.14. The van der Waals surface area contributed by atoms with Crippen LogP contribution in [0.15, 0.2) is 46.5 Å². The molecule has 3 aromatic heterocycles. The van der Waals surface area contributed by atoms with Crippen molar-refractivity contribution in [2.75, 3.05) is 51.4 Å². The molecule has 1 aromatic carbocycles. The van der Waals surface area contributed by atoms with Crippen LogP contribution in [-0.2, 0) is 35.4 Å². The molecule has 5 N–H and O–H groups in total. The van der Waals surface area contributed by atoms with Crippen molar-refractivity contribution < 1.29 is 41.9 Å². The van der Waals surface area contributed by atoms with Crippen LogP contribution in [-0.4, -0.2) is 121 Å². The van der Waals surface area contributed by atoms with Crippen LogP contribution in [0.25, 0.3) is 24.3 Å². The molecule has 4 atom stereocenters. The van der Waals surface area contributed by atoms with E-state index in [-0.39, 0.29) is 43.3 Å². The van der Waals surface area contributed by atoms with Gasteiger partial charge >= 0.3 is 5.97 Å². The number of carbonyl (C=O) groups is 5. The number of sulfone groups is 1. The average Bonchev–Trinajstić information content (AvgIpc) is 4.08. The van der Waals surface area contributed by atoms with Crippen LogP contribution in [0.2, 0.25) is 0 Å². The number of nitrogens with zero attached hydrogens (tertiary/aromatic N) is 3. The fraction of sp³-hybridized carbons (Fsp3) is 0.446. The molecule has 4 aliphatic heterocycles. The first kappa shape index (κ1) is 53.2. The van der Waals surface area contributed by atoms with E-state index in [0.717, 1.165) is 93.9 Å². The molecule has 4 aromatic rings. The molecule has 392 valence electrons. The Morgan fingerprint density at radius 2 is 1.70 bits per heavy atom. The van der Waals surface area contributed by atoms with Crippen LogP contribution in [0.4, 0.5) is 0 Å². The maximum absolute atomic E-state index is 15.0. The van der Waals surface area contributed by atoms with Crippen molar-refractivity contribution in [3.05, 3.63) is 109 Å². The Hall–Kier alpha value is -7.08. The zero-order valence-electron chi connectivity index (χ0n) is 43.5. The van der Waals surface area contributed by atoms with Gasteiger partial charge in [0.2, 0.25) is 5.91 Å².